The van der Waals surface area contributed by atoms with Gasteiger partial charge in [-0.05, 0) is 19.4 Å². The van der Waals surface area contributed by atoms with Crippen LogP contribution < -0.4 is 10.1 Å². The molecule has 2 aromatic rings. The van der Waals surface area contributed by atoms with Crippen molar-refractivity contribution in [3.05, 3.63) is 41.2 Å². The van der Waals surface area contributed by atoms with Crippen molar-refractivity contribution in [1.29, 1.82) is 0 Å². The van der Waals surface area contributed by atoms with Gasteiger partial charge in [0.2, 0.25) is 0 Å². The first-order valence-corrected chi connectivity index (χ1v) is 7.31. The first-order chi connectivity index (χ1) is 10.2. The molecule has 1 aromatic carbocycles. The van der Waals surface area contributed by atoms with E-state index in [0.29, 0.717) is 18.9 Å². The van der Waals surface area contributed by atoms with Gasteiger partial charge in [0.1, 0.15) is 0 Å². The average Bonchev–Trinajstić information content (AvgIpc) is 2.83. The maximum atomic E-state index is 10.1. The molecule has 0 aliphatic rings. The van der Waals surface area contributed by atoms with Gasteiger partial charge in [-0.3, -0.25) is 4.68 Å². The molecule has 5 nitrogen and oxygen atoms in total. The van der Waals surface area contributed by atoms with Crippen LogP contribution in [0.1, 0.15) is 30.7 Å². The molecule has 0 fully saturated rings. The second-order valence-electron chi connectivity index (χ2n) is 4.93. The van der Waals surface area contributed by atoms with Crippen molar-refractivity contribution in [3.63, 3.8) is 0 Å². The predicted molar refractivity (Wildman–Crippen MR) is 82.4 cm³/mol. The van der Waals surface area contributed by atoms with Crippen LogP contribution in [-0.2, 0) is 26.6 Å². The van der Waals surface area contributed by atoms with Crippen LogP contribution in [0, 0.1) is 0 Å². The molecule has 1 aromatic heterocycles. The van der Waals surface area contributed by atoms with Gasteiger partial charge in [0, 0.05) is 37.5 Å². The van der Waals surface area contributed by atoms with Crippen LogP contribution in [0.4, 0.5) is 0 Å². The van der Waals surface area contributed by atoms with E-state index < -0.39 is 0 Å². The SMILES string of the molecule is CCOc1cccc(CNCc2cn(C)nc2CC)c1O. The number of aryl methyl sites for hydroxylation is 2. The minimum absolute atomic E-state index is 0.216. The summed E-state index contributed by atoms with van der Waals surface area (Å²) >= 11 is 0. The number of phenols is 1. The number of hydrogen-bond acceptors (Lipinski definition) is 4. The Kier molecular flexibility index (Phi) is 5.22. The topological polar surface area (TPSA) is 59.3 Å². The lowest BCUT2D eigenvalue weighted by Gasteiger charge is -2.11. The van der Waals surface area contributed by atoms with Crippen LogP contribution in [0.25, 0.3) is 0 Å². The minimum atomic E-state index is 0.216. The van der Waals surface area contributed by atoms with E-state index >= 15 is 0 Å². The highest BCUT2D eigenvalue weighted by atomic mass is 16.5. The number of nitrogens with zero attached hydrogens (tertiary/aromatic N) is 2. The maximum absolute atomic E-state index is 10.1. The number of phenolic OH excluding ortho intramolecular Hbond substituents is 1. The molecule has 0 atom stereocenters. The van der Waals surface area contributed by atoms with Crippen LogP contribution in [0.3, 0.4) is 0 Å². The van der Waals surface area contributed by atoms with Crippen LogP contribution in [0.5, 0.6) is 11.5 Å². The van der Waals surface area contributed by atoms with Crippen LogP contribution in [0.15, 0.2) is 24.4 Å². The summed E-state index contributed by atoms with van der Waals surface area (Å²) in [5.41, 5.74) is 3.14. The highest BCUT2D eigenvalue weighted by molar-refractivity contribution is 5.45. The summed E-state index contributed by atoms with van der Waals surface area (Å²) in [4.78, 5) is 0. The summed E-state index contributed by atoms with van der Waals surface area (Å²) in [5.74, 6) is 0.751. The van der Waals surface area contributed by atoms with Gasteiger partial charge >= 0.3 is 0 Å². The Bertz CT molecular complexity index is 593. The molecule has 114 valence electrons. The highest BCUT2D eigenvalue weighted by Crippen LogP contribution is 2.29. The van der Waals surface area contributed by atoms with Crippen molar-refractivity contribution in [2.24, 2.45) is 7.05 Å². The Morgan fingerprint density at radius 1 is 1.24 bits per heavy atom. The number of ether oxygens (including phenoxy) is 1. The summed E-state index contributed by atoms with van der Waals surface area (Å²) in [7, 11) is 1.93. The second-order valence-corrected chi connectivity index (χ2v) is 4.93. The van der Waals surface area contributed by atoms with E-state index in [1.807, 2.05) is 37.0 Å². The van der Waals surface area contributed by atoms with Crippen molar-refractivity contribution in [1.82, 2.24) is 15.1 Å². The summed E-state index contributed by atoms with van der Waals surface area (Å²) in [6.07, 6.45) is 2.95. The zero-order chi connectivity index (χ0) is 15.2. The van der Waals surface area contributed by atoms with E-state index in [1.54, 1.807) is 6.07 Å². The normalized spacial score (nSPS) is 10.8. The fraction of sp³-hybridized carbons (Fsp3) is 0.438. The molecule has 1 heterocycles. The number of aromatic hydroxyl groups is 1. The molecule has 0 spiro atoms. The lowest BCUT2D eigenvalue weighted by Crippen LogP contribution is -2.13. The lowest BCUT2D eigenvalue weighted by molar-refractivity contribution is 0.316. The molecule has 0 aliphatic heterocycles. The van der Waals surface area contributed by atoms with Gasteiger partial charge in [-0.15, -0.1) is 0 Å². The highest BCUT2D eigenvalue weighted by Gasteiger charge is 2.09. The fourth-order valence-corrected chi connectivity index (χ4v) is 2.34. The summed E-state index contributed by atoms with van der Waals surface area (Å²) < 4.78 is 7.23. The van der Waals surface area contributed by atoms with Gasteiger partial charge in [0.05, 0.1) is 12.3 Å². The number of benzene rings is 1. The number of aromatic nitrogens is 2. The largest absolute Gasteiger partial charge is 0.504 e. The molecule has 0 aliphatic carbocycles. The standard InChI is InChI=1S/C16H23N3O2/c1-4-14-13(11-19(3)18-14)10-17-9-12-7-6-8-15(16(12)20)21-5-2/h6-8,11,17,20H,4-5,9-10H2,1-3H3. The van der Waals surface area contributed by atoms with E-state index in [1.165, 1.54) is 5.56 Å². The third kappa shape index (κ3) is 3.76. The number of hydrogen-bond donors (Lipinski definition) is 2. The van der Waals surface area contributed by atoms with Gasteiger partial charge in [-0.1, -0.05) is 19.1 Å². The Balaban J connectivity index is 1.98. The van der Waals surface area contributed by atoms with Crippen LogP contribution in [0.2, 0.25) is 0 Å². The van der Waals surface area contributed by atoms with E-state index in [9.17, 15) is 5.11 Å². The molecule has 0 saturated heterocycles. The van der Waals surface area contributed by atoms with Crippen molar-refractivity contribution in [3.8, 4) is 11.5 Å². The Labute approximate surface area is 125 Å². The first-order valence-electron chi connectivity index (χ1n) is 7.31. The van der Waals surface area contributed by atoms with Gasteiger partial charge in [-0.2, -0.15) is 5.10 Å². The molecule has 0 saturated carbocycles. The van der Waals surface area contributed by atoms with Crippen molar-refractivity contribution in [2.75, 3.05) is 6.61 Å². The van der Waals surface area contributed by atoms with Gasteiger partial charge in [0.25, 0.3) is 0 Å². The van der Waals surface area contributed by atoms with Crippen molar-refractivity contribution < 1.29 is 9.84 Å². The number of para-hydroxylation sites is 1. The van der Waals surface area contributed by atoms with E-state index in [4.69, 9.17) is 4.74 Å². The Morgan fingerprint density at radius 2 is 2.00 bits per heavy atom. The van der Waals surface area contributed by atoms with E-state index in [2.05, 4.69) is 17.3 Å². The van der Waals surface area contributed by atoms with Gasteiger partial charge in [0.15, 0.2) is 11.5 Å². The molecule has 21 heavy (non-hydrogen) atoms. The monoisotopic (exact) mass is 289 g/mol. The fourth-order valence-electron chi connectivity index (χ4n) is 2.34. The molecular weight excluding hydrogens is 266 g/mol. The molecule has 2 rings (SSSR count). The molecule has 5 heteroatoms. The molecule has 0 unspecified atom stereocenters. The molecular formula is C16H23N3O2. The zero-order valence-corrected chi connectivity index (χ0v) is 12.9. The van der Waals surface area contributed by atoms with Crippen LogP contribution in [-0.4, -0.2) is 21.5 Å². The van der Waals surface area contributed by atoms with Crippen molar-refractivity contribution in [2.45, 2.75) is 33.4 Å². The number of nitrogens with one attached hydrogen (secondary N) is 1. The Morgan fingerprint density at radius 3 is 2.71 bits per heavy atom. The molecule has 0 radical (unpaired) electrons. The summed E-state index contributed by atoms with van der Waals surface area (Å²) in [5, 5.41) is 17.9. The second kappa shape index (κ2) is 7.13. The minimum Gasteiger partial charge on any atom is -0.504 e. The van der Waals surface area contributed by atoms with Crippen molar-refractivity contribution >= 4 is 0 Å². The zero-order valence-electron chi connectivity index (χ0n) is 12.9. The maximum Gasteiger partial charge on any atom is 0.162 e. The molecule has 2 N–H and O–H groups in total. The summed E-state index contributed by atoms with van der Waals surface area (Å²) in [6, 6.07) is 5.57. The van der Waals surface area contributed by atoms with Crippen LogP contribution >= 0.6 is 0 Å². The summed E-state index contributed by atoms with van der Waals surface area (Å²) in [6.45, 7) is 5.86. The van der Waals surface area contributed by atoms with E-state index in [0.717, 1.165) is 24.2 Å². The third-order valence-electron chi connectivity index (χ3n) is 3.34. The van der Waals surface area contributed by atoms with Gasteiger partial charge < -0.3 is 15.2 Å². The number of rotatable bonds is 7. The van der Waals surface area contributed by atoms with Gasteiger partial charge in [-0.25, -0.2) is 0 Å². The first kappa shape index (κ1) is 15.4. The smallest absolute Gasteiger partial charge is 0.162 e. The van der Waals surface area contributed by atoms with E-state index in [-0.39, 0.29) is 5.75 Å². The average molecular weight is 289 g/mol. The molecule has 0 amide bonds. The lowest BCUT2D eigenvalue weighted by atomic mass is 10.1. The third-order valence-corrected chi connectivity index (χ3v) is 3.34. The predicted octanol–water partition coefficient (Wildman–Crippen LogP) is 2.38. The quantitative estimate of drug-likeness (QED) is 0.821. The molecule has 0 bridgehead atoms. The Hall–Kier alpha value is -2.01.